The van der Waals surface area contributed by atoms with E-state index in [-0.39, 0.29) is 12.2 Å². The van der Waals surface area contributed by atoms with Gasteiger partial charge in [0.05, 0.1) is 30.4 Å². The van der Waals surface area contributed by atoms with Gasteiger partial charge in [0.1, 0.15) is 0 Å². The number of aryl methyl sites for hydroxylation is 1. The predicted molar refractivity (Wildman–Crippen MR) is 104 cm³/mol. The van der Waals surface area contributed by atoms with Crippen molar-refractivity contribution in [3.8, 4) is 11.3 Å². The van der Waals surface area contributed by atoms with Gasteiger partial charge in [0.25, 0.3) is 0 Å². The standard InChI is InChI=1S/C20H24N6O/c1-24-5-7-26(8-6-24)14-18(27)9-17-10-20-15(11-21-17)3-4-19(23-20)16-12-22-25(2)13-16/h3-4,10-13H,5-9,14H2,1-2H3/i1D3. The molecule has 0 unspecified atom stereocenters. The van der Waals surface area contributed by atoms with Gasteiger partial charge in [-0.1, -0.05) is 0 Å². The number of carbonyl (C=O) groups excluding carboxylic acids is 1. The van der Waals surface area contributed by atoms with Crippen LogP contribution in [0.1, 0.15) is 9.81 Å². The van der Waals surface area contributed by atoms with E-state index in [0.29, 0.717) is 38.4 Å². The fourth-order valence-electron chi connectivity index (χ4n) is 3.28. The molecule has 0 atom stereocenters. The van der Waals surface area contributed by atoms with Crippen LogP contribution < -0.4 is 0 Å². The molecule has 1 saturated heterocycles. The molecule has 0 bridgehead atoms. The van der Waals surface area contributed by atoms with E-state index in [1.54, 1.807) is 17.1 Å². The highest BCUT2D eigenvalue weighted by Gasteiger charge is 2.17. The Morgan fingerprint density at radius 3 is 2.81 bits per heavy atom. The lowest BCUT2D eigenvalue weighted by Gasteiger charge is -2.31. The van der Waals surface area contributed by atoms with Crippen LogP contribution >= 0.6 is 0 Å². The minimum absolute atomic E-state index is 0.0626. The zero-order valence-corrected chi connectivity index (χ0v) is 15.3. The molecule has 1 fully saturated rings. The second kappa shape index (κ2) is 7.54. The molecule has 3 aromatic heterocycles. The number of nitrogens with zero attached hydrogens (tertiary/aromatic N) is 6. The summed E-state index contributed by atoms with van der Waals surface area (Å²) >= 11 is 0. The summed E-state index contributed by atoms with van der Waals surface area (Å²) < 4.78 is 24.2. The molecule has 0 spiro atoms. The maximum Gasteiger partial charge on any atom is 0.152 e. The Morgan fingerprint density at radius 2 is 2.07 bits per heavy atom. The molecule has 140 valence electrons. The van der Waals surface area contributed by atoms with E-state index in [2.05, 4.69) is 10.1 Å². The number of hydrogen-bond donors (Lipinski definition) is 0. The average Bonchev–Trinajstić information content (AvgIpc) is 3.13. The molecule has 0 radical (unpaired) electrons. The van der Waals surface area contributed by atoms with E-state index in [0.717, 1.165) is 22.2 Å². The van der Waals surface area contributed by atoms with Crippen LogP contribution in [0.5, 0.6) is 0 Å². The molecule has 0 amide bonds. The smallest absolute Gasteiger partial charge is 0.152 e. The van der Waals surface area contributed by atoms with Crippen molar-refractivity contribution < 1.29 is 8.91 Å². The van der Waals surface area contributed by atoms with E-state index in [9.17, 15) is 4.79 Å². The van der Waals surface area contributed by atoms with E-state index in [1.807, 2.05) is 36.3 Å². The Bertz CT molecular complexity index is 1060. The summed E-state index contributed by atoms with van der Waals surface area (Å²) in [6, 6.07) is 5.76. The van der Waals surface area contributed by atoms with E-state index in [1.165, 1.54) is 4.90 Å². The second-order valence-electron chi connectivity index (χ2n) is 6.95. The van der Waals surface area contributed by atoms with Gasteiger partial charge < -0.3 is 4.90 Å². The summed E-state index contributed by atoms with van der Waals surface area (Å²) in [5, 5.41) is 5.10. The normalized spacial score (nSPS) is 18.2. The molecule has 4 rings (SSSR count). The van der Waals surface area contributed by atoms with Crippen LogP contribution in [0.4, 0.5) is 0 Å². The van der Waals surface area contributed by atoms with Gasteiger partial charge in [0, 0.05) is 66.4 Å². The summed E-state index contributed by atoms with van der Waals surface area (Å²) in [5.74, 6) is 0.0626. The summed E-state index contributed by atoms with van der Waals surface area (Å²) in [6.45, 7) is 0.277. The van der Waals surface area contributed by atoms with Crippen molar-refractivity contribution in [2.75, 3.05) is 39.7 Å². The predicted octanol–water partition coefficient (Wildman–Crippen LogP) is 1.39. The Morgan fingerprint density at radius 1 is 1.22 bits per heavy atom. The van der Waals surface area contributed by atoms with Gasteiger partial charge in [-0.2, -0.15) is 5.10 Å². The molecule has 7 heteroatoms. The van der Waals surface area contributed by atoms with Crippen molar-refractivity contribution in [3.05, 3.63) is 42.5 Å². The molecule has 0 aliphatic carbocycles. The number of fused-ring (bicyclic) bond motifs is 1. The van der Waals surface area contributed by atoms with Crippen molar-refractivity contribution in [2.45, 2.75) is 6.42 Å². The molecule has 7 nitrogen and oxygen atoms in total. The third-order valence-electron chi connectivity index (χ3n) is 4.78. The maximum absolute atomic E-state index is 12.5. The van der Waals surface area contributed by atoms with Crippen molar-refractivity contribution in [1.29, 1.82) is 0 Å². The lowest BCUT2D eigenvalue weighted by Crippen LogP contribution is -2.46. The monoisotopic (exact) mass is 367 g/mol. The lowest BCUT2D eigenvalue weighted by molar-refractivity contribution is -0.120. The third-order valence-corrected chi connectivity index (χ3v) is 4.78. The summed E-state index contributed by atoms with van der Waals surface area (Å²) in [5.41, 5.74) is 3.24. The minimum Gasteiger partial charge on any atom is -0.304 e. The van der Waals surface area contributed by atoms with Crippen molar-refractivity contribution >= 4 is 16.7 Å². The molecule has 1 aliphatic rings. The molecular weight excluding hydrogens is 340 g/mol. The van der Waals surface area contributed by atoms with Gasteiger partial charge in [-0.25, -0.2) is 4.98 Å². The van der Waals surface area contributed by atoms with Gasteiger partial charge >= 0.3 is 0 Å². The highest BCUT2D eigenvalue weighted by atomic mass is 16.1. The van der Waals surface area contributed by atoms with Crippen LogP contribution in [0, 0.1) is 0 Å². The highest BCUT2D eigenvalue weighted by Crippen LogP contribution is 2.20. The van der Waals surface area contributed by atoms with Gasteiger partial charge in [-0.05, 0) is 25.2 Å². The van der Waals surface area contributed by atoms with Crippen molar-refractivity contribution in [2.24, 2.45) is 7.05 Å². The Labute approximate surface area is 162 Å². The van der Waals surface area contributed by atoms with Gasteiger partial charge in [0.15, 0.2) is 5.78 Å². The number of hydrogen-bond acceptors (Lipinski definition) is 6. The van der Waals surface area contributed by atoms with Crippen LogP contribution in [0.3, 0.4) is 0 Å². The molecular formula is C20H24N6O. The largest absolute Gasteiger partial charge is 0.304 e. The number of pyridine rings is 2. The van der Waals surface area contributed by atoms with Crippen LogP contribution in [0.2, 0.25) is 0 Å². The Balaban J connectivity index is 1.40. The van der Waals surface area contributed by atoms with E-state index < -0.39 is 6.98 Å². The summed E-state index contributed by atoms with van der Waals surface area (Å²) in [6.07, 6.45) is 5.65. The average molecular weight is 367 g/mol. The second-order valence-corrected chi connectivity index (χ2v) is 6.95. The highest BCUT2D eigenvalue weighted by molar-refractivity contribution is 5.85. The Hall–Kier alpha value is -2.64. The summed E-state index contributed by atoms with van der Waals surface area (Å²) in [7, 11) is 1.86. The number of aromatic nitrogens is 4. The first-order valence-electron chi connectivity index (χ1n) is 10.5. The summed E-state index contributed by atoms with van der Waals surface area (Å²) in [4.78, 5) is 25.1. The molecule has 0 saturated carbocycles. The lowest BCUT2D eigenvalue weighted by atomic mass is 10.1. The van der Waals surface area contributed by atoms with Gasteiger partial charge in [-0.3, -0.25) is 19.4 Å². The number of piperazine rings is 1. The van der Waals surface area contributed by atoms with Gasteiger partial charge in [0.2, 0.25) is 0 Å². The quantitative estimate of drug-likeness (QED) is 0.679. The first-order valence-corrected chi connectivity index (χ1v) is 9.02. The van der Waals surface area contributed by atoms with Gasteiger partial charge in [-0.15, -0.1) is 0 Å². The molecule has 27 heavy (non-hydrogen) atoms. The Kier molecular flexibility index (Phi) is 4.03. The minimum atomic E-state index is -2.06. The number of ketones is 1. The molecule has 0 N–H and O–H groups in total. The number of likely N-dealkylation sites (N-methyl/N-ethyl adjacent to an activating group) is 1. The molecule has 3 aromatic rings. The van der Waals surface area contributed by atoms with Crippen molar-refractivity contribution in [3.63, 3.8) is 0 Å². The zero-order chi connectivity index (χ0) is 21.3. The molecule has 1 aliphatic heterocycles. The van der Waals surface area contributed by atoms with Crippen molar-refractivity contribution in [1.82, 2.24) is 29.5 Å². The molecule has 4 heterocycles. The first-order chi connectivity index (χ1) is 14.3. The SMILES string of the molecule is [2H]C([2H])([2H])N1CCN(CC(=O)Cc2cc3nc(-c4cnn(C)c4)ccc3cn2)CC1. The first kappa shape index (κ1) is 14.4. The van der Waals surface area contributed by atoms with Crippen LogP contribution in [0.25, 0.3) is 22.2 Å². The number of Topliss-reactive ketones (excluding diaryl/α,β-unsaturated/α-hetero) is 1. The van der Waals surface area contributed by atoms with E-state index >= 15 is 0 Å². The topological polar surface area (TPSA) is 67.2 Å². The third kappa shape index (κ3) is 4.20. The zero-order valence-electron chi connectivity index (χ0n) is 18.3. The number of rotatable bonds is 5. The number of carbonyl (C=O) groups is 1. The maximum atomic E-state index is 12.5. The fraction of sp³-hybridized carbons (Fsp3) is 0.400. The van der Waals surface area contributed by atoms with Crippen LogP contribution in [-0.4, -0.2) is 75.0 Å². The van der Waals surface area contributed by atoms with E-state index in [4.69, 9.17) is 9.10 Å². The van der Waals surface area contributed by atoms with Crippen LogP contribution in [-0.2, 0) is 18.3 Å². The fourth-order valence-corrected chi connectivity index (χ4v) is 3.28. The molecule has 0 aromatic carbocycles. The van der Waals surface area contributed by atoms with Crippen LogP contribution in [0.15, 0.2) is 36.8 Å².